The van der Waals surface area contributed by atoms with Gasteiger partial charge < -0.3 is 9.64 Å². The molecule has 3 aromatic rings. The number of ether oxygens (including phenoxy) is 1. The smallest absolute Gasteiger partial charge is 0.291 e. The number of hydrogen-bond donors (Lipinski definition) is 1. The quantitative estimate of drug-likeness (QED) is 0.571. The highest BCUT2D eigenvalue weighted by molar-refractivity contribution is 7.89. The summed E-state index contributed by atoms with van der Waals surface area (Å²) in [7, 11) is -3.77. The second kappa shape index (κ2) is 7.90. The maximum atomic E-state index is 13.1. The average molecular weight is 483 g/mol. The summed E-state index contributed by atoms with van der Waals surface area (Å²) in [6, 6.07) is 4.55. The van der Waals surface area contributed by atoms with Crippen LogP contribution in [0.25, 0.3) is 21.6 Å². The molecule has 0 radical (unpaired) electrons. The van der Waals surface area contributed by atoms with Crippen molar-refractivity contribution >= 4 is 38.2 Å². The summed E-state index contributed by atoms with van der Waals surface area (Å²) in [5.74, 6) is 0.406. The van der Waals surface area contributed by atoms with Gasteiger partial charge in [0, 0.05) is 24.0 Å². The molecule has 9 nitrogen and oxygen atoms in total. The lowest BCUT2D eigenvalue weighted by molar-refractivity contribution is 0.122. The van der Waals surface area contributed by atoms with Crippen molar-refractivity contribution < 1.29 is 21.9 Å². The third kappa shape index (κ3) is 4.17. The molecular weight excluding hydrogens is 462 g/mol. The molecule has 1 aliphatic heterocycles. The van der Waals surface area contributed by atoms with Crippen LogP contribution in [0.4, 0.5) is 14.7 Å². The predicted molar refractivity (Wildman–Crippen MR) is 114 cm³/mol. The first kappa shape index (κ1) is 21.5. The van der Waals surface area contributed by atoms with Gasteiger partial charge >= 0.3 is 0 Å². The summed E-state index contributed by atoms with van der Waals surface area (Å²) in [5.41, 5.74) is 0.330. The zero-order valence-electron chi connectivity index (χ0n) is 17.1. The van der Waals surface area contributed by atoms with Crippen molar-refractivity contribution in [1.82, 2.24) is 24.9 Å². The van der Waals surface area contributed by atoms with Crippen LogP contribution in [0.2, 0.25) is 0 Å². The van der Waals surface area contributed by atoms with Crippen LogP contribution in [-0.4, -0.2) is 60.4 Å². The molecule has 1 N–H and O–H groups in total. The van der Waals surface area contributed by atoms with Crippen LogP contribution in [0.5, 0.6) is 0 Å². The van der Waals surface area contributed by atoms with Crippen molar-refractivity contribution in [3.63, 3.8) is 0 Å². The van der Waals surface area contributed by atoms with Gasteiger partial charge in [0.2, 0.25) is 16.0 Å². The summed E-state index contributed by atoms with van der Waals surface area (Å²) in [5, 5.41) is 7.62. The summed E-state index contributed by atoms with van der Waals surface area (Å²) >= 11 is 0.727. The first-order valence-corrected chi connectivity index (χ1v) is 12.3. The van der Waals surface area contributed by atoms with Crippen LogP contribution in [-0.2, 0) is 14.8 Å². The standard InChI is InChI=1S/C19H20F2N6O3S2/c1-19(4-5-19)26-32(28,29)11-2-3-13-12(10-11)14(16-24-25-17(31-16)15(20)21)23-18(22-13)27-6-8-30-9-7-27/h2-3,10,15,26H,4-9H2,1H3. The summed E-state index contributed by atoms with van der Waals surface area (Å²) in [6.45, 7) is 4.05. The monoisotopic (exact) mass is 482 g/mol. The van der Waals surface area contributed by atoms with Gasteiger partial charge in [-0.1, -0.05) is 11.3 Å². The van der Waals surface area contributed by atoms with E-state index in [9.17, 15) is 17.2 Å². The highest BCUT2D eigenvalue weighted by atomic mass is 32.2. The Kier molecular flexibility index (Phi) is 5.31. The van der Waals surface area contributed by atoms with Gasteiger partial charge in [0.25, 0.3) is 6.43 Å². The number of morpholine rings is 1. The number of benzene rings is 1. The van der Waals surface area contributed by atoms with E-state index < -0.39 is 27.0 Å². The number of anilines is 1. The molecule has 0 spiro atoms. The van der Waals surface area contributed by atoms with Crippen molar-refractivity contribution in [2.45, 2.75) is 36.6 Å². The molecule has 2 aromatic heterocycles. The normalized spacial score (nSPS) is 18.4. The Morgan fingerprint density at radius 3 is 2.59 bits per heavy atom. The molecule has 2 aliphatic rings. The van der Waals surface area contributed by atoms with Gasteiger partial charge in [-0.3, -0.25) is 0 Å². The summed E-state index contributed by atoms with van der Waals surface area (Å²) in [6.07, 6.45) is -1.20. The van der Waals surface area contributed by atoms with E-state index in [2.05, 4.69) is 24.9 Å². The lowest BCUT2D eigenvalue weighted by atomic mass is 10.2. The number of aromatic nitrogens is 4. The van der Waals surface area contributed by atoms with Gasteiger partial charge in [0.15, 0.2) is 10.0 Å². The van der Waals surface area contributed by atoms with Crippen molar-refractivity contribution in [2.75, 3.05) is 31.2 Å². The number of sulfonamides is 1. The van der Waals surface area contributed by atoms with Gasteiger partial charge in [-0.25, -0.2) is 31.9 Å². The molecule has 1 aromatic carbocycles. The van der Waals surface area contributed by atoms with Gasteiger partial charge in [-0.05, 0) is 38.0 Å². The van der Waals surface area contributed by atoms with Crippen LogP contribution >= 0.6 is 11.3 Å². The predicted octanol–water partition coefficient (Wildman–Crippen LogP) is 2.75. The lowest BCUT2D eigenvalue weighted by Crippen LogP contribution is -2.37. The third-order valence-corrected chi connectivity index (χ3v) is 8.04. The van der Waals surface area contributed by atoms with Gasteiger partial charge in [0.1, 0.15) is 5.69 Å². The molecule has 0 amide bonds. The fourth-order valence-corrected chi connectivity index (χ4v) is 5.62. The molecule has 3 heterocycles. The van der Waals surface area contributed by atoms with E-state index in [1.807, 2.05) is 11.8 Å². The van der Waals surface area contributed by atoms with Crippen molar-refractivity contribution in [3.05, 3.63) is 23.2 Å². The maximum Gasteiger partial charge on any atom is 0.291 e. The highest BCUT2D eigenvalue weighted by Crippen LogP contribution is 2.37. The molecule has 32 heavy (non-hydrogen) atoms. The molecule has 170 valence electrons. The van der Waals surface area contributed by atoms with Crippen LogP contribution in [0.15, 0.2) is 23.1 Å². The minimum absolute atomic E-state index is 0.0562. The summed E-state index contributed by atoms with van der Waals surface area (Å²) in [4.78, 5) is 11.2. The Morgan fingerprint density at radius 2 is 1.94 bits per heavy atom. The lowest BCUT2D eigenvalue weighted by Gasteiger charge is -2.27. The Labute approximate surface area is 186 Å². The summed E-state index contributed by atoms with van der Waals surface area (Å²) < 4.78 is 60.1. The highest BCUT2D eigenvalue weighted by Gasteiger charge is 2.41. The van der Waals surface area contributed by atoms with Crippen molar-refractivity contribution in [2.24, 2.45) is 0 Å². The number of rotatable bonds is 6. The number of nitrogens with zero attached hydrogens (tertiary/aromatic N) is 5. The minimum atomic E-state index is -3.77. The topological polar surface area (TPSA) is 110 Å². The number of alkyl halides is 2. The molecule has 1 aliphatic carbocycles. The van der Waals surface area contributed by atoms with Crippen LogP contribution in [0, 0.1) is 0 Å². The first-order valence-electron chi connectivity index (χ1n) is 10.0. The number of fused-ring (bicyclic) bond motifs is 1. The van der Waals surface area contributed by atoms with E-state index in [1.54, 1.807) is 6.07 Å². The van der Waals surface area contributed by atoms with E-state index in [1.165, 1.54) is 12.1 Å². The first-order chi connectivity index (χ1) is 15.2. The maximum absolute atomic E-state index is 13.1. The molecule has 1 saturated carbocycles. The Balaban J connectivity index is 1.64. The Hall–Kier alpha value is -2.35. The molecular formula is C19H20F2N6O3S2. The van der Waals surface area contributed by atoms with E-state index in [4.69, 9.17) is 4.74 Å². The van der Waals surface area contributed by atoms with E-state index >= 15 is 0 Å². The number of nitrogens with one attached hydrogen (secondary N) is 1. The molecule has 0 atom stereocenters. The zero-order valence-corrected chi connectivity index (χ0v) is 18.7. The van der Waals surface area contributed by atoms with E-state index in [-0.39, 0.29) is 15.6 Å². The Morgan fingerprint density at radius 1 is 1.19 bits per heavy atom. The second-order valence-electron chi connectivity index (χ2n) is 8.06. The molecule has 0 unspecified atom stereocenters. The van der Waals surface area contributed by atoms with Gasteiger partial charge in [-0.15, -0.1) is 10.2 Å². The number of halogens is 2. The van der Waals surface area contributed by atoms with Crippen molar-refractivity contribution in [3.8, 4) is 10.7 Å². The van der Waals surface area contributed by atoms with Crippen LogP contribution in [0.1, 0.15) is 31.2 Å². The molecule has 1 saturated heterocycles. The largest absolute Gasteiger partial charge is 0.378 e. The average Bonchev–Trinajstić information content (AvgIpc) is 3.28. The molecule has 0 bridgehead atoms. The minimum Gasteiger partial charge on any atom is -0.378 e. The number of hydrogen-bond acceptors (Lipinski definition) is 9. The van der Waals surface area contributed by atoms with Crippen LogP contribution < -0.4 is 9.62 Å². The second-order valence-corrected chi connectivity index (χ2v) is 10.8. The van der Waals surface area contributed by atoms with Gasteiger partial charge in [0.05, 0.1) is 23.6 Å². The molecule has 2 fully saturated rings. The third-order valence-electron chi connectivity index (χ3n) is 5.47. The SMILES string of the molecule is CC1(NS(=O)(=O)c2ccc3nc(N4CCOCC4)nc(-c4nnc(C(F)F)s4)c3c2)CC1. The fourth-order valence-electron chi connectivity index (χ4n) is 3.42. The van der Waals surface area contributed by atoms with E-state index in [0.29, 0.717) is 43.2 Å². The van der Waals surface area contributed by atoms with Crippen molar-refractivity contribution in [1.29, 1.82) is 0 Å². The zero-order chi connectivity index (χ0) is 22.5. The van der Waals surface area contributed by atoms with Crippen LogP contribution in [0.3, 0.4) is 0 Å². The Bertz CT molecular complexity index is 1270. The van der Waals surface area contributed by atoms with Gasteiger partial charge in [-0.2, -0.15) is 0 Å². The fraction of sp³-hybridized carbons (Fsp3) is 0.474. The molecule has 13 heteroatoms. The van der Waals surface area contributed by atoms with E-state index in [0.717, 1.165) is 24.2 Å². The molecule has 5 rings (SSSR count).